The Hall–Kier alpha value is -0.330. The van der Waals surface area contributed by atoms with Crippen LogP contribution in [-0.2, 0) is 4.79 Å². The summed E-state index contributed by atoms with van der Waals surface area (Å²) in [5.74, 6) is 0. The summed E-state index contributed by atoms with van der Waals surface area (Å²) in [6, 6.07) is 0. The van der Waals surface area contributed by atoms with Gasteiger partial charge in [-0.3, -0.25) is 0 Å². The van der Waals surface area contributed by atoms with Crippen molar-refractivity contribution in [1.29, 1.82) is 0 Å². The van der Waals surface area contributed by atoms with Crippen LogP contribution in [0, 0.1) is 16.2 Å². The lowest BCUT2D eigenvalue weighted by atomic mass is 9.47. The van der Waals surface area contributed by atoms with Crippen LogP contribution in [0.15, 0.2) is 0 Å². The van der Waals surface area contributed by atoms with E-state index < -0.39 is 0 Å². The molecule has 3 aliphatic rings. The maximum atomic E-state index is 11.1. The molecule has 0 heterocycles. The summed E-state index contributed by atoms with van der Waals surface area (Å²) < 4.78 is 0. The van der Waals surface area contributed by atoms with Gasteiger partial charge in [0.2, 0.25) is 0 Å². The first-order valence-corrected chi connectivity index (χ1v) is 5.90. The molecule has 0 radical (unpaired) electrons. The minimum absolute atomic E-state index is 0.0903. The van der Waals surface area contributed by atoms with Crippen molar-refractivity contribution in [3.63, 3.8) is 0 Å². The van der Waals surface area contributed by atoms with Gasteiger partial charge in [0, 0.05) is 5.41 Å². The minimum atomic E-state index is 0.0903. The molecule has 2 bridgehead atoms. The molecule has 0 N–H and O–H groups in total. The summed E-state index contributed by atoms with van der Waals surface area (Å²) in [6.45, 7) is 7.10. The average Bonchev–Trinajstić information content (AvgIpc) is 2.19. The van der Waals surface area contributed by atoms with Crippen LogP contribution in [0.4, 0.5) is 0 Å². The summed E-state index contributed by atoms with van der Waals surface area (Å²) in [6.07, 6.45) is 8.51. The van der Waals surface area contributed by atoms with Gasteiger partial charge in [0.15, 0.2) is 0 Å². The largest absolute Gasteiger partial charge is 0.303 e. The molecule has 0 spiro atoms. The molecule has 80 valence electrons. The first kappa shape index (κ1) is 10.2. The van der Waals surface area contributed by atoms with Crippen LogP contribution in [0.1, 0.15) is 59.3 Å². The van der Waals surface area contributed by atoms with Crippen molar-refractivity contribution in [2.45, 2.75) is 59.3 Å². The Kier molecular flexibility index (Phi) is 2.06. The fourth-order valence-electron chi connectivity index (χ4n) is 3.52. The number of hydrogen-bond acceptors (Lipinski definition) is 1. The van der Waals surface area contributed by atoms with Crippen LogP contribution in [0.2, 0.25) is 0 Å². The van der Waals surface area contributed by atoms with E-state index in [1.165, 1.54) is 25.5 Å². The molecule has 3 saturated carbocycles. The lowest BCUT2D eigenvalue weighted by Gasteiger charge is -2.57. The molecule has 0 aliphatic heterocycles. The Bertz CT molecular complexity index is 222. The monoisotopic (exact) mass is 194 g/mol. The highest BCUT2D eigenvalue weighted by Crippen LogP contribution is 2.62. The SMILES string of the molecule is CC(C)(C)C12CCC(C=O)(CC1)CC2. The molecule has 3 rings (SSSR count). The smallest absolute Gasteiger partial charge is 0.126 e. The normalized spacial score (nSPS) is 42.5. The van der Waals surface area contributed by atoms with Gasteiger partial charge < -0.3 is 4.79 Å². The van der Waals surface area contributed by atoms with Crippen LogP contribution in [0.3, 0.4) is 0 Å². The summed E-state index contributed by atoms with van der Waals surface area (Å²) in [5, 5.41) is 0. The average molecular weight is 194 g/mol. The van der Waals surface area contributed by atoms with Gasteiger partial charge in [-0.05, 0) is 49.4 Å². The van der Waals surface area contributed by atoms with E-state index in [0.717, 1.165) is 19.3 Å². The van der Waals surface area contributed by atoms with Crippen molar-refractivity contribution >= 4 is 6.29 Å². The quantitative estimate of drug-likeness (QED) is 0.583. The third-order valence-electron chi connectivity index (χ3n) is 5.15. The molecule has 1 heteroatoms. The van der Waals surface area contributed by atoms with Crippen molar-refractivity contribution in [2.24, 2.45) is 16.2 Å². The zero-order valence-electron chi connectivity index (χ0n) is 9.73. The third-order valence-corrected chi connectivity index (χ3v) is 5.15. The van der Waals surface area contributed by atoms with E-state index in [0.29, 0.717) is 10.8 Å². The van der Waals surface area contributed by atoms with Crippen molar-refractivity contribution in [2.75, 3.05) is 0 Å². The maximum Gasteiger partial charge on any atom is 0.126 e. The van der Waals surface area contributed by atoms with E-state index in [-0.39, 0.29) is 5.41 Å². The number of aldehydes is 1. The standard InChI is InChI=1S/C13H22O/c1-11(2,3)13-7-4-12(10-14,5-8-13)6-9-13/h10H,4-9H2,1-3H3. The van der Waals surface area contributed by atoms with Gasteiger partial charge >= 0.3 is 0 Å². The molecule has 0 aromatic heterocycles. The fourth-order valence-corrected chi connectivity index (χ4v) is 3.52. The molecule has 0 aromatic carbocycles. The van der Waals surface area contributed by atoms with E-state index in [2.05, 4.69) is 20.8 Å². The number of rotatable bonds is 1. The molecule has 1 nitrogen and oxygen atoms in total. The van der Waals surface area contributed by atoms with Gasteiger partial charge in [0.05, 0.1) is 0 Å². The van der Waals surface area contributed by atoms with Gasteiger partial charge in [-0.2, -0.15) is 0 Å². The second-order valence-electron chi connectivity index (χ2n) is 6.51. The highest BCUT2D eigenvalue weighted by Gasteiger charge is 2.53. The summed E-state index contributed by atoms with van der Waals surface area (Å²) in [7, 11) is 0. The molecule has 0 saturated heterocycles. The van der Waals surface area contributed by atoms with Crippen LogP contribution < -0.4 is 0 Å². The molecular weight excluding hydrogens is 172 g/mol. The van der Waals surface area contributed by atoms with Crippen LogP contribution in [0.5, 0.6) is 0 Å². The summed E-state index contributed by atoms with van der Waals surface area (Å²) in [4.78, 5) is 11.1. The number of carbonyl (C=O) groups excluding carboxylic acids is 1. The van der Waals surface area contributed by atoms with Crippen molar-refractivity contribution in [1.82, 2.24) is 0 Å². The first-order valence-electron chi connectivity index (χ1n) is 5.90. The van der Waals surface area contributed by atoms with E-state index in [1.54, 1.807) is 0 Å². The predicted molar refractivity (Wildman–Crippen MR) is 58.1 cm³/mol. The Balaban J connectivity index is 2.21. The molecule has 0 atom stereocenters. The van der Waals surface area contributed by atoms with Crippen molar-refractivity contribution in [3.05, 3.63) is 0 Å². The molecule has 0 aromatic rings. The molecule has 0 unspecified atom stereocenters. The molecule has 14 heavy (non-hydrogen) atoms. The minimum Gasteiger partial charge on any atom is -0.303 e. The van der Waals surface area contributed by atoms with Gasteiger partial charge in [0.25, 0.3) is 0 Å². The van der Waals surface area contributed by atoms with E-state index in [9.17, 15) is 4.79 Å². The van der Waals surface area contributed by atoms with E-state index >= 15 is 0 Å². The van der Waals surface area contributed by atoms with Gasteiger partial charge in [-0.15, -0.1) is 0 Å². The van der Waals surface area contributed by atoms with Crippen molar-refractivity contribution in [3.8, 4) is 0 Å². The maximum absolute atomic E-state index is 11.1. The Morgan fingerprint density at radius 1 is 0.929 bits per heavy atom. The lowest BCUT2D eigenvalue weighted by Crippen LogP contribution is -2.48. The second-order valence-corrected chi connectivity index (χ2v) is 6.51. The molecule has 3 aliphatic carbocycles. The Labute approximate surface area is 87.3 Å². The summed E-state index contributed by atoms with van der Waals surface area (Å²) >= 11 is 0. The van der Waals surface area contributed by atoms with E-state index in [1.807, 2.05) is 0 Å². The fraction of sp³-hybridized carbons (Fsp3) is 0.923. The highest BCUT2D eigenvalue weighted by atomic mass is 16.1. The Morgan fingerprint density at radius 2 is 1.36 bits per heavy atom. The second kappa shape index (κ2) is 2.84. The van der Waals surface area contributed by atoms with Crippen molar-refractivity contribution < 1.29 is 4.79 Å². The number of fused-ring (bicyclic) bond motifs is 3. The zero-order chi connectivity index (χ0) is 10.4. The molecule has 3 fully saturated rings. The van der Waals surface area contributed by atoms with E-state index in [4.69, 9.17) is 0 Å². The highest BCUT2D eigenvalue weighted by molar-refractivity contribution is 5.60. The zero-order valence-corrected chi connectivity index (χ0v) is 9.73. The number of hydrogen-bond donors (Lipinski definition) is 0. The van der Waals surface area contributed by atoms with Crippen LogP contribution >= 0.6 is 0 Å². The topological polar surface area (TPSA) is 17.1 Å². The van der Waals surface area contributed by atoms with Gasteiger partial charge in [-0.1, -0.05) is 20.8 Å². The Morgan fingerprint density at radius 3 is 1.64 bits per heavy atom. The summed E-state index contributed by atoms with van der Waals surface area (Å²) in [5.41, 5.74) is 1.05. The van der Waals surface area contributed by atoms with Gasteiger partial charge in [0.1, 0.15) is 6.29 Å². The number of carbonyl (C=O) groups is 1. The molecular formula is C13H22O. The molecule has 0 amide bonds. The van der Waals surface area contributed by atoms with Crippen LogP contribution in [-0.4, -0.2) is 6.29 Å². The van der Waals surface area contributed by atoms with Crippen LogP contribution in [0.25, 0.3) is 0 Å². The lowest BCUT2D eigenvalue weighted by molar-refractivity contribution is -0.131. The third kappa shape index (κ3) is 1.24. The van der Waals surface area contributed by atoms with Gasteiger partial charge in [-0.25, -0.2) is 0 Å². The first-order chi connectivity index (χ1) is 6.43. The predicted octanol–water partition coefficient (Wildman–Crippen LogP) is 3.57.